The predicted octanol–water partition coefficient (Wildman–Crippen LogP) is 2.76. The minimum absolute atomic E-state index is 0.0776. The summed E-state index contributed by atoms with van der Waals surface area (Å²) in [5.41, 5.74) is 3.27. The van der Waals surface area contributed by atoms with Crippen molar-refractivity contribution >= 4 is 17.5 Å². The van der Waals surface area contributed by atoms with Crippen LogP contribution in [0.2, 0.25) is 0 Å². The maximum absolute atomic E-state index is 13.3. The zero-order valence-corrected chi connectivity index (χ0v) is 16.2. The lowest BCUT2D eigenvalue weighted by molar-refractivity contribution is -0.128. The molecule has 0 bridgehead atoms. The molecule has 4 rings (SSSR count). The molecule has 0 fully saturated rings. The first-order valence-electron chi connectivity index (χ1n) is 9.90. The maximum Gasteiger partial charge on any atom is 0.250 e. The fourth-order valence-electron chi connectivity index (χ4n) is 3.76. The topological polar surface area (TPSA) is 67.2 Å². The van der Waals surface area contributed by atoms with Gasteiger partial charge in [0.25, 0.3) is 5.91 Å². The smallest absolute Gasteiger partial charge is 0.250 e. The number of amides is 2. The van der Waals surface area contributed by atoms with Gasteiger partial charge in [-0.05, 0) is 30.0 Å². The molecule has 1 N–H and O–H groups in total. The number of hydrogen-bond donors (Lipinski definition) is 1. The first kappa shape index (κ1) is 18.9. The van der Waals surface area contributed by atoms with Gasteiger partial charge in [0.05, 0.1) is 12.7 Å². The van der Waals surface area contributed by atoms with E-state index in [9.17, 15) is 9.59 Å². The van der Waals surface area contributed by atoms with Gasteiger partial charge in [-0.3, -0.25) is 9.59 Å². The second-order valence-corrected chi connectivity index (χ2v) is 7.18. The Hall–Kier alpha value is -3.41. The molecule has 2 heterocycles. The normalized spacial score (nSPS) is 13.7. The monoisotopic (exact) mass is 388 g/mol. The first-order chi connectivity index (χ1) is 14.2. The number of nitrogens with one attached hydrogen (secondary N) is 1. The highest BCUT2D eigenvalue weighted by molar-refractivity contribution is 6.00. The number of benzene rings is 2. The number of carbonyl (C=O) groups is 2. The first-order valence-corrected chi connectivity index (χ1v) is 9.90. The zero-order valence-electron chi connectivity index (χ0n) is 16.2. The Morgan fingerprint density at radius 1 is 1.07 bits per heavy atom. The zero-order chi connectivity index (χ0) is 20.1. The molecular weight excluding hydrogens is 364 g/mol. The van der Waals surface area contributed by atoms with Crippen LogP contribution in [0.5, 0.6) is 0 Å². The highest BCUT2D eigenvalue weighted by atomic mass is 16.2. The number of aromatic nitrogens is 2. The molecular formula is C23H24N4O2. The van der Waals surface area contributed by atoms with Crippen LogP contribution in [0.25, 0.3) is 0 Å². The van der Waals surface area contributed by atoms with Gasteiger partial charge in [0.2, 0.25) is 5.91 Å². The molecule has 1 aliphatic heterocycles. The van der Waals surface area contributed by atoms with Crippen molar-refractivity contribution in [1.29, 1.82) is 0 Å². The number of carbonyl (C=O) groups excluding carboxylic acids is 2. The Kier molecular flexibility index (Phi) is 5.70. The molecule has 0 saturated carbocycles. The molecule has 1 aromatic heterocycles. The number of nitrogens with zero attached hydrogens (tertiary/aromatic N) is 3. The van der Waals surface area contributed by atoms with Crippen molar-refractivity contribution in [3.63, 3.8) is 0 Å². The van der Waals surface area contributed by atoms with Gasteiger partial charge >= 0.3 is 0 Å². The van der Waals surface area contributed by atoms with Crippen LogP contribution in [0.1, 0.15) is 23.6 Å². The molecule has 148 valence electrons. The summed E-state index contributed by atoms with van der Waals surface area (Å²) in [4.78, 5) is 31.8. The van der Waals surface area contributed by atoms with E-state index in [1.807, 2.05) is 54.6 Å². The van der Waals surface area contributed by atoms with Gasteiger partial charge in [-0.25, -0.2) is 4.98 Å². The van der Waals surface area contributed by atoms with E-state index in [0.717, 1.165) is 24.1 Å². The molecule has 29 heavy (non-hydrogen) atoms. The van der Waals surface area contributed by atoms with E-state index < -0.39 is 6.04 Å². The van der Waals surface area contributed by atoms with Crippen LogP contribution in [0.3, 0.4) is 0 Å². The lowest BCUT2D eigenvalue weighted by Gasteiger charge is -2.24. The standard InChI is InChI=1S/C23H24N4O2/c28-22(25-12-10-18-6-2-1-3-7-18)16-21(26-15-13-24-17-26)23(29)27-14-11-19-8-4-5-9-20(19)27/h1-9,13,15,17,21H,10-12,14,16H2,(H,25,28)/t21-/m0/s1. The van der Waals surface area contributed by atoms with Crippen LogP contribution in [0.15, 0.2) is 73.3 Å². The van der Waals surface area contributed by atoms with Crippen LogP contribution in [-0.2, 0) is 22.4 Å². The summed E-state index contributed by atoms with van der Waals surface area (Å²) < 4.78 is 1.72. The molecule has 6 nitrogen and oxygen atoms in total. The lowest BCUT2D eigenvalue weighted by atomic mass is 10.1. The number of anilines is 1. The molecule has 6 heteroatoms. The lowest BCUT2D eigenvalue weighted by Crippen LogP contribution is -2.39. The predicted molar refractivity (Wildman–Crippen MR) is 112 cm³/mol. The van der Waals surface area contributed by atoms with Crippen molar-refractivity contribution in [3.05, 3.63) is 84.4 Å². The molecule has 0 unspecified atom stereocenters. The van der Waals surface area contributed by atoms with Gasteiger partial charge in [-0.15, -0.1) is 0 Å². The number of fused-ring (bicyclic) bond motifs is 1. The summed E-state index contributed by atoms with van der Waals surface area (Å²) >= 11 is 0. The molecule has 0 radical (unpaired) electrons. The van der Waals surface area contributed by atoms with Crippen LogP contribution in [0.4, 0.5) is 5.69 Å². The van der Waals surface area contributed by atoms with E-state index >= 15 is 0 Å². The van der Waals surface area contributed by atoms with Crippen molar-refractivity contribution in [2.75, 3.05) is 18.0 Å². The van der Waals surface area contributed by atoms with Gasteiger partial charge in [0.15, 0.2) is 0 Å². The molecule has 0 aliphatic carbocycles. The SMILES string of the molecule is O=C(C[C@@H](C(=O)N1CCc2ccccc21)n1ccnc1)NCCc1ccccc1. The number of imidazole rings is 1. The molecule has 0 spiro atoms. The average Bonchev–Trinajstić information content (AvgIpc) is 3.42. The van der Waals surface area contributed by atoms with E-state index in [-0.39, 0.29) is 18.2 Å². The molecule has 1 aliphatic rings. The Bertz CT molecular complexity index is 970. The van der Waals surface area contributed by atoms with E-state index in [0.29, 0.717) is 13.1 Å². The Morgan fingerprint density at radius 3 is 2.66 bits per heavy atom. The minimum Gasteiger partial charge on any atom is -0.356 e. The van der Waals surface area contributed by atoms with Crippen molar-refractivity contribution in [2.45, 2.75) is 25.3 Å². The second-order valence-electron chi connectivity index (χ2n) is 7.18. The van der Waals surface area contributed by atoms with Gasteiger partial charge < -0.3 is 14.8 Å². The van der Waals surface area contributed by atoms with Crippen molar-refractivity contribution < 1.29 is 9.59 Å². The largest absolute Gasteiger partial charge is 0.356 e. The maximum atomic E-state index is 13.3. The summed E-state index contributed by atoms with van der Waals surface area (Å²) in [6.45, 7) is 1.18. The highest BCUT2D eigenvalue weighted by Crippen LogP contribution is 2.30. The average molecular weight is 388 g/mol. The van der Waals surface area contributed by atoms with Gasteiger partial charge in [0, 0.05) is 31.2 Å². The summed E-state index contributed by atoms with van der Waals surface area (Å²) in [7, 11) is 0. The fourth-order valence-corrected chi connectivity index (χ4v) is 3.76. The quantitative estimate of drug-likeness (QED) is 0.677. The Labute approximate surface area is 170 Å². The van der Waals surface area contributed by atoms with Gasteiger partial charge in [0.1, 0.15) is 6.04 Å². The van der Waals surface area contributed by atoms with Crippen LogP contribution in [-0.4, -0.2) is 34.5 Å². The van der Waals surface area contributed by atoms with E-state index in [2.05, 4.69) is 10.3 Å². The third-order valence-corrected chi connectivity index (χ3v) is 5.28. The summed E-state index contributed by atoms with van der Waals surface area (Å²) in [5, 5.41) is 2.94. The summed E-state index contributed by atoms with van der Waals surface area (Å²) in [5.74, 6) is -0.216. The van der Waals surface area contributed by atoms with Crippen molar-refractivity contribution in [3.8, 4) is 0 Å². The van der Waals surface area contributed by atoms with Crippen molar-refractivity contribution in [1.82, 2.24) is 14.9 Å². The molecule has 2 aromatic carbocycles. The highest BCUT2D eigenvalue weighted by Gasteiger charge is 2.32. The van der Waals surface area contributed by atoms with Gasteiger partial charge in [-0.2, -0.15) is 0 Å². The molecule has 1 atom stereocenters. The Balaban J connectivity index is 1.42. The van der Waals surface area contributed by atoms with Crippen LogP contribution in [0, 0.1) is 0 Å². The number of hydrogen-bond acceptors (Lipinski definition) is 3. The number of rotatable bonds is 7. The van der Waals surface area contributed by atoms with E-state index in [1.54, 1.807) is 28.2 Å². The van der Waals surface area contributed by atoms with Crippen LogP contribution >= 0.6 is 0 Å². The number of para-hydroxylation sites is 1. The van der Waals surface area contributed by atoms with E-state index in [1.165, 1.54) is 5.56 Å². The summed E-state index contributed by atoms with van der Waals surface area (Å²) in [6, 6.07) is 17.3. The third-order valence-electron chi connectivity index (χ3n) is 5.28. The second kappa shape index (κ2) is 8.73. The fraction of sp³-hybridized carbons (Fsp3) is 0.261. The Morgan fingerprint density at radius 2 is 1.86 bits per heavy atom. The third kappa shape index (κ3) is 4.37. The van der Waals surface area contributed by atoms with E-state index in [4.69, 9.17) is 0 Å². The summed E-state index contributed by atoms with van der Waals surface area (Å²) in [6.07, 6.45) is 6.65. The molecule has 3 aromatic rings. The van der Waals surface area contributed by atoms with Crippen LogP contribution < -0.4 is 10.2 Å². The molecule has 0 saturated heterocycles. The van der Waals surface area contributed by atoms with Gasteiger partial charge in [-0.1, -0.05) is 48.5 Å². The van der Waals surface area contributed by atoms with Crippen molar-refractivity contribution in [2.24, 2.45) is 0 Å². The minimum atomic E-state index is -0.611. The molecule has 2 amide bonds.